The van der Waals surface area contributed by atoms with E-state index < -0.39 is 102 Å². The molecule has 21 N–H and O–H groups in total. The van der Waals surface area contributed by atoms with Crippen LogP contribution in [0.1, 0.15) is 75.8 Å². The molecule has 0 spiro atoms. The first-order chi connectivity index (χ1) is 35.3. The Morgan fingerprint density at radius 1 is 0.703 bits per heavy atom. The highest BCUT2D eigenvalue weighted by molar-refractivity contribution is 5.98. The minimum Gasteiger partial charge on any atom is -0.370 e. The normalized spacial score (nSPS) is 21.2. The van der Waals surface area contributed by atoms with E-state index in [0.29, 0.717) is 17.5 Å². The van der Waals surface area contributed by atoms with E-state index in [2.05, 4.69) is 58.2 Å². The van der Waals surface area contributed by atoms with Crippen LogP contribution in [0.15, 0.2) is 60.8 Å². The molecule has 0 radical (unpaired) electrons. The van der Waals surface area contributed by atoms with Crippen molar-refractivity contribution in [3.05, 3.63) is 71.9 Å². The fraction of sp³-hybridized carbons (Fsp3) is 0.479. The van der Waals surface area contributed by atoms with Crippen LogP contribution in [0, 0.1) is 10.8 Å². The monoisotopic (exact) mass is 1030 g/mol. The molecule has 402 valence electrons. The number of para-hydroxylation sites is 1. The number of benzene rings is 2. The van der Waals surface area contributed by atoms with Gasteiger partial charge in [0.25, 0.3) is 0 Å². The molecule has 0 bridgehead atoms. The number of amides is 9. The third-order valence-corrected chi connectivity index (χ3v) is 12.0. The number of carbonyl (C=O) groups is 9. The number of rotatable bonds is 18. The van der Waals surface area contributed by atoms with E-state index in [9.17, 15) is 43.2 Å². The Kier molecular flexibility index (Phi) is 23.6. The molecule has 2 aromatic carbocycles. The van der Waals surface area contributed by atoms with Gasteiger partial charge in [-0.3, -0.25) is 54.0 Å². The minimum absolute atomic E-state index is 0.0167. The minimum atomic E-state index is -1.54. The summed E-state index contributed by atoms with van der Waals surface area (Å²) < 4.78 is 0. The summed E-state index contributed by atoms with van der Waals surface area (Å²) in [5.41, 5.74) is 24.5. The highest BCUT2D eigenvalue weighted by Crippen LogP contribution is 2.20. The van der Waals surface area contributed by atoms with Crippen molar-refractivity contribution in [1.82, 2.24) is 58.2 Å². The molecule has 9 amide bonds. The second kappa shape index (κ2) is 29.9. The van der Waals surface area contributed by atoms with Crippen molar-refractivity contribution in [3.63, 3.8) is 0 Å². The highest BCUT2D eigenvalue weighted by atomic mass is 16.2. The van der Waals surface area contributed by atoms with Gasteiger partial charge in [-0.05, 0) is 75.1 Å². The van der Waals surface area contributed by atoms with Crippen LogP contribution in [0.4, 0.5) is 0 Å². The Morgan fingerprint density at radius 2 is 1.28 bits per heavy atom. The van der Waals surface area contributed by atoms with E-state index in [1.807, 2.05) is 18.2 Å². The summed E-state index contributed by atoms with van der Waals surface area (Å²) in [6.45, 7) is 1.44. The number of primary amides is 1. The summed E-state index contributed by atoms with van der Waals surface area (Å²) in [6, 6.07) is 6.37. The van der Waals surface area contributed by atoms with Crippen LogP contribution in [-0.4, -0.2) is 139 Å². The lowest BCUT2D eigenvalue weighted by Gasteiger charge is -2.28. The van der Waals surface area contributed by atoms with Crippen LogP contribution in [0.2, 0.25) is 0 Å². The van der Waals surface area contributed by atoms with Crippen molar-refractivity contribution in [2.75, 3.05) is 26.2 Å². The van der Waals surface area contributed by atoms with Gasteiger partial charge in [0.1, 0.15) is 42.3 Å². The van der Waals surface area contributed by atoms with E-state index in [4.69, 9.17) is 33.8 Å². The number of aromatic nitrogens is 1. The van der Waals surface area contributed by atoms with E-state index in [1.54, 1.807) is 42.6 Å². The average molecular weight is 1030 g/mol. The molecule has 0 saturated carbocycles. The average Bonchev–Trinajstić information content (AvgIpc) is 3.76. The molecule has 2 heterocycles. The summed E-state index contributed by atoms with van der Waals surface area (Å²) in [5, 5.41) is 42.3. The first-order valence-electron chi connectivity index (χ1n) is 24.4. The Hall–Kier alpha value is -8.29. The van der Waals surface area contributed by atoms with Crippen molar-refractivity contribution >= 4 is 76.0 Å². The highest BCUT2D eigenvalue weighted by Gasteiger charge is 2.35. The van der Waals surface area contributed by atoms with Crippen LogP contribution in [0.25, 0.3) is 10.9 Å². The molecule has 7 atom stereocenters. The van der Waals surface area contributed by atoms with Crippen molar-refractivity contribution in [1.29, 1.82) is 10.8 Å². The van der Waals surface area contributed by atoms with E-state index in [1.165, 1.54) is 6.92 Å². The molecule has 3 aromatic rings. The maximum Gasteiger partial charge on any atom is 0.243 e. The van der Waals surface area contributed by atoms with Gasteiger partial charge in [0, 0.05) is 56.5 Å². The van der Waals surface area contributed by atoms with Crippen LogP contribution in [0.5, 0.6) is 0 Å². The van der Waals surface area contributed by atoms with Gasteiger partial charge >= 0.3 is 0 Å². The quantitative estimate of drug-likeness (QED) is 0.0333. The number of hydrogen-bond acceptors (Lipinski definition) is 12. The standard InChI is InChI=1S/C48H71N17O9/c1-27(66)59-32(16-9-21-56-47(51)52)41(69)60-33-15-7-8-20-55-39(67)25-36(40(50)68)63-46(74)38(24-29-26-58-31-14-6-5-13-30(29)31)65-43(71)34(17-10-22-57-48(53)54)61-45(73)37(23-28-11-3-2-4-12-28)64-44(72)35(18-19-49)62-42(33)70/h2-6,11-14,26,32-38,58H,7-10,15-25,49H2,1H3,(H2,50,68)(H,55,67)(H,59,66)(H,60,69)(H,61,73)(H,62,70)(H,63,74)(H,64,72)(H,65,71)(H4,51,52,56)(H4,53,54,57)/t32-,33-,34-,35-,36?,37+,38-/m0/s1. The van der Waals surface area contributed by atoms with Crippen LogP contribution in [-0.2, 0) is 56.0 Å². The predicted molar refractivity (Wildman–Crippen MR) is 274 cm³/mol. The van der Waals surface area contributed by atoms with Gasteiger partial charge in [0.15, 0.2) is 11.9 Å². The topological polar surface area (TPSA) is 441 Å². The molecule has 1 aliphatic rings. The SMILES string of the molecule is CC(=O)N[C@@H](CCCNC(=N)N)C(=O)N[C@H]1CCCCNC(=O)CC(C(N)=O)NC(=O)[C@H](Cc2c[nH]c3ccccc23)NC(=O)[C@H](CCCNC(=N)N)NC(=O)[C@@H](Cc2ccccc2)NC(=O)[C@H](CCN)NC1=O. The third kappa shape index (κ3) is 19.7. The van der Waals surface area contributed by atoms with Gasteiger partial charge < -0.3 is 81.1 Å². The van der Waals surface area contributed by atoms with Gasteiger partial charge in [-0.2, -0.15) is 0 Å². The lowest BCUT2D eigenvalue weighted by atomic mass is 10.0. The smallest absolute Gasteiger partial charge is 0.243 e. The summed E-state index contributed by atoms with van der Waals surface area (Å²) >= 11 is 0. The number of fused-ring (bicyclic) bond motifs is 1. The first kappa shape index (κ1) is 58.3. The fourth-order valence-corrected chi connectivity index (χ4v) is 8.15. The van der Waals surface area contributed by atoms with Gasteiger partial charge in [-0.15, -0.1) is 0 Å². The Bertz CT molecular complexity index is 2450. The van der Waals surface area contributed by atoms with Gasteiger partial charge in [-0.25, -0.2) is 0 Å². The Labute approximate surface area is 427 Å². The maximum absolute atomic E-state index is 14.6. The molecule has 1 saturated heterocycles. The molecule has 4 rings (SSSR count). The largest absolute Gasteiger partial charge is 0.370 e. The Balaban J connectivity index is 1.75. The first-order valence-corrected chi connectivity index (χ1v) is 24.4. The number of nitrogens with one attached hydrogen (secondary N) is 13. The van der Waals surface area contributed by atoms with Crippen LogP contribution >= 0.6 is 0 Å². The molecule has 26 heteroatoms. The number of guanidine groups is 2. The number of aromatic amines is 1. The zero-order chi connectivity index (χ0) is 54.2. The zero-order valence-electron chi connectivity index (χ0n) is 41.4. The molecule has 1 aliphatic heterocycles. The van der Waals surface area contributed by atoms with Crippen LogP contribution < -0.4 is 76.1 Å². The number of nitrogens with two attached hydrogens (primary N) is 4. The van der Waals surface area contributed by atoms with Gasteiger partial charge in [-0.1, -0.05) is 48.5 Å². The molecular formula is C48H71N17O9. The second-order valence-electron chi connectivity index (χ2n) is 17.9. The zero-order valence-corrected chi connectivity index (χ0v) is 41.4. The van der Waals surface area contributed by atoms with Crippen molar-refractivity contribution in [2.45, 2.75) is 120 Å². The van der Waals surface area contributed by atoms with Crippen molar-refractivity contribution < 1.29 is 43.2 Å². The molecule has 1 aromatic heterocycles. The maximum atomic E-state index is 14.6. The lowest BCUT2D eigenvalue weighted by molar-refractivity contribution is -0.136. The Morgan fingerprint density at radius 3 is 1.93 bits per heavy atom. The third-order valence-electron chi connectivity index (χ3n) is 12.0. The summed E-state index contributed by atoms with van der Waals surface area (Å²) in [7, 11) is 0. The summed E-state index contributed by atoms with van der Waals surface area (Å²) in [6.07, 6.45) is 1.60. The fourth-order valence-electron chi connectivity index (χ4n) is 8.15. The molecule has 0 aliphatic carbocycles. The molecule has 1 unspecified atom stereocenters. The van der Waals surface area contributed by atoms with E-state index in [-0.39, 0.29) is 95.9 Å². The van der Waals surface area contributed by atoms with Crippen LogP contribution in [0.3, 0.4) is 0 Å². The number of carbonyl (C=O) groups excluding carboxylic acids is 9. The number of H-pyrrole nitrogens is 1. The van der Waals surface area contributed by atoms with Gasteiger partial charge in [0.05, 0.1) is 6.42 Å². The molecular weight excluding hydrogens is 959 g/mol. The molecule has 1 fully saturated rings. The van der Waals surface area contributed by atoms with Crippen molar-refractivity contribution in [3.8, 4) is 0 Å². The van der Waals surface area contributed by atoms with E-state index in [0.717, 1.165) is 10.9 Å². The van der Waals surface area contributed by atoms with Crippen molar-refractivity contribution in [2.24, 2.45) is 22.9 Å². The second-order valence-corrected chi connectivity index (χ2v) is 17.9. The van der Waals surface area contributed by atoms with Gasteiger partial charge in [0.2, 0.25) is 53.2 Å². The lowest BCUT2D eigenvalue weighted by Crippen LogP contribution is -2.60. The number of hydrogen-bond donors (Lipinski definition) is 17. The predicted octanol–water partition coefficient (Wildman–Crippen LogP) is -3.58. The van der Waals surface area contributed by atoms with E-state index >= 15 is 0 Å². The molecule has 74 heavy (non-hydrogen) atoms. The summed E-state index contributed by atoms with van der Waals surface area (Å²) in [4.78, 5) is 127. The molecule has 26 nitrogen and oxygen atoms in total. The summed E-state index contributed by atoms with van der Waals surface area (Å²) in [5.74, 6) is -7.79.